The van der Waals surface area contributed by atoms with Crippen molar-refractivity contribution in [3.05, 3.63) is 75.4 Å². The highest BCUT2D eigenvalue weighted by atomic mass is 32.1. The summed E-state index contributed by atoms with van der Waals surface area (Å²) in [5.74, 6) is 0.957. The predicted octanol–water partition coefficient (Wildman–Crippen LogP) is 5.51. The zero-order chi connectivity index (χ0) is 22.8. The predicted molar refractivity (Wildman–Crippen MR) is 131 cm³/mol. The van der Waals surface area contributed by atoms with E-state index >= 15 is 0 Å². The van der Waals surface area contributed by atoms with Crippen molar-refractivity contribution in [3.63, 3.8) is 0 Å². The number of hydrogen-bond donors (Lipinski definition) is 1. The van der Waals surface area contributed by atoms with Gasteiger partial charge in [0.2, 0.25) is 5.91 Å². The molecule has 5 nitrogen and oxygen atoms in total. The fraction of sp³-hybridized carbons (Fsp3) is 0.407. The van der Waals surface area contributed by atoms with Gasteiger partial charge in [-0.15, -0.1) is 11.3 Å². The van der Waals surface area contributed by atoms with Crippen LogP contribution < -0.4 is 10.2 Å². The number of thiophene rings is 1. The number of nitrogens with zero attached hydrogens (tertiary/aromatic N) is 1. The molecule has 3 aromatic rings. The lowest BCUT2D eigenvalue weighted by Gasteiger charge is -2.31. The number of nitrogens with one attached hydrogen (secondary N) is 1. The van der Waals surface area contributed by atoms with E-state index in [0.717, 1.165) is 61.3 Å². The minimum Gasteiger partial charge on any atom is -0.464 e. The Morgan fingerprint density at radius 2 is 1.91 bits per heavy atom. The van der Waals surface area contributed by atoms with Crippen molar-refractivity contribution in [2.75, 3.05) is 4.90 Å². The fourth-order valence-electron chi connectivity index (χ4n) is 5.12. The summed E-state index contributed by atoms with van der Waals surface area (Å²) in [6.45, 7) is 1.86. The van der Waals surface area contributed by atoms with Crippen molar-refractivity contribution < 1.29 is 14.0 Å². The largest absolute Gasteiger partial charge is 0.464 e. The van der Waals surface area contributed by atoms with Crippen LogP contribution in [0.5, 0.6) is 0 Å². The Morgan fingerprint density at radius 1 is 1.09 bits per heavy atom. The second kappa shape index (κ2) is 9.56. The standard InChI is InChI=1S/C27H30N2O3S/c1-18-11-14-24(32-18)26(27(31)28-21-8-2-3-9-21)29(25(30)17-23-10-5-15-33-23)22-13-12-19-6-4-7-20(19)16-22/h5,10-16,21,26H,2-4,6-9,17H2,1H3,(H,28,31)/t26-/m1/s1. The van der Waals surface area contributed by atoms with E-state index in [0.29, 0.717) is 5.76 Å². The van der Waals surface area contributed by atoms with Gasteiger partial charge in [0.25, 0.3) is 5.91 Å². The highest BCUT2D eigenvalue weighted by Gasteiger charge is 2.36. The van der Waals surface area contributed by atoms with Gasteiger partial charge in [0.15, 0.2) is 6.04 Å². The maximum Gasteiger partial charge on any atom is 0.251 e. The summed E-state index contributed by atoms with van der Waals surface area (Å²) >= 11 is 1.56. The van der Waals surface area contributed by atoms with E-state index in [1.54, 1.807) is 16.2 Å². The maximum atomic E-state index is 13.8. The lowest BCUT2D eigenvalue weighted by Crippen LogP contribution is -2.46. The molecule has 0 unspecified atom stereocenters. The molecule has 33 heavy (non-hydrogen) atoms. The minimum atomic E-state index is -0.841. The Hall–Kier alpha value is -2.86. The van der Waals surface area contributed by atoms with Crippen molar-refractivity contribution in [3.8, 4) is 0 Å². The molecule has 5 rings (SSSR count). The summed E-state index contributed by atoms with van der Waals surface area (Å²) in [6, 6.07) is 13.1. The van der Waals surface area contributed by atoms with E-state index in [9.17, 15) is 9.59 Å². The number of carbonyl (C=O) groups is 2. The van der Waals surface area contributed by atoms with Crippen LogP contribution in [0.2, 0.25) is 0 Å². The van der Waals surface area contributed by atoms with Crippen LogP contribution in [0.4, 0.5) is 5.69 Å². The van der Waals surface area contributed by atoms with Crippen molar-refractivity contribution >= 4 is 28.8 Å². The Bertz CT molecular complexity index is 1130. The molecule has 6 heteroatoms. The molecule has 2 heterocycles. The summed E-state index contributed by atoms with van der Waals surface area (Å²) in [5.41, 5.74) is 3.37. The first kappa shape index (κ1) is 22.0. The third-order valence-corrected chi connectivity index (χ3v) is 7.65. The number of benzene rings is 1. The van der Waals surface area contributed by atoms with E-state index in [1.165, 1.54) is 11.1 Å². The molecule has 1 fully saturated rings. The second-order valence-corrected chi connectivity index (χ2v) is 10.2. The van der Waals surface area contributed by atoms with Gasteiger partial charge in [-0.3, -0.25) is 14.5 Å². The van der Waals surface area contributed by atoms with Crippen LogP contribution in [0.25, 0.3) is 0 Å². The average Bonchev–Trinajstić information content (AvgIpc) is 3.59. The number of aryl methyl sites for hydroxylation is 3. The quantitative estimate of drug-likeness (QED) is 0.503. The van der Waals surface area contributed by atoms with Crippen LogP contribution in [0.1, 0.15) is 65.7 Å². The summed E-state index contributed by atoms with van der Waals surface area (Å²) in [7, 11) is 0. The number of hydrogen-bond acceptors (Lipinski definition) is 4. The molecule has 2 aliphatic rings. The van der Waals surface area contributed by atoms with E-state index in [-0.39, 0.29) is 24.3 Å². The number of fused-ring (bicyclic) bond motifs is 1. The first-order chi connectivity index (χ1) is 16.1. The number of amides is 2. The third kappa shape index (κ3) is 4.76. The number of carbonyl (C=O) groups excluding carboxylic acids is 2. The molecule has 0 spiro atoms. The molecule has 1 N–H and O–H groups in total. The molecule has 0 saturated heterocycles. The Balaban J connectivity index is 1.55. The van der Waals surface area contributed by atoms with Gasteiger partial charge in [0.05, 0.1) is 6.42 Å². The zero-order valence-corrected chi connectivity index (χ0v) is 19.8. The lowest BCUT2D eigenvalue weighted by molar-refractivity contribution is -0.127. The first-order valence-electron chi connectivity index (χ1n) is 11.9. The average molecular weight is 463 g/mol. The molecule has 1 saturated carbocycles. The van der Waals surface area contributed by atoms with Crippen LogP contribution in [0, 0.1) is 6.92 Å². The zero-order valence-electron chi connectivity index (χ0n) is 19.0. The van der Waals surface area contributed by atoms with Crippen molar-refractivity contribution in [1.29, 1.82) is 0 Å². The minimum absolute atomic E-state index is 0.101. The van der Waals surface area contributed by atoms with Gasteiger partial charge in [-0.05, 0) is 85.9 Å². The summed E-state index contributed by atoms with van der Waals surface area (Å²) < 4.78 is 5.96. The van der Waals surface area contributed by atoms with Crippen molar-refractivity contribution in [1.82, 2.24) is 5.32 Å². The fourth-order valence-corrected chi connectivity index (χ4v) is 5.81. The molecule has 172 valence electrons. The van der Waals surface area contributed by atoms with Crippen LogP contribution in [0.3, 0.4) is 0 Å². The van der Waals surface area contributed by atoms with Crippen molar-refractivity contribution in [2.24, 2.45) is 0 Å². The van der Waals surface area contributed by atoms with Gasteiger partial charge >= 0.3 is 0 Å². The first-order valence-corrected chi connectivity index (χ1v) is 12.8. The molecule has 2 aliphatic carbocycles. The monoisotopic (exact) mass is 462 g/mol. The molecule has 0 radical (unpaired) electrons. The van der Waals surface area contributed by atoms with Gasteiger partial charge in [-0.1, -0.05) is 25.0 Å². The van der Waals surface area contributed by atoms with E-state index in [2.05, 4.69) is 17.4 Å². The summed E-state index contributed by atoms with van der Waals surface area (Å²) in [6.07, 6.45) is 7.68. The highest BCUT2D eigenvalue weighted by molar-refractivity contribution is 7.10. The maximum absolute atomic E-state index is 13.8. The van der Waals surface area contributed by atoms with Gasteiger partial charge < -0.3 is 9.73 Å². The number of furan rings is 1. The SMILES string of the molecule is Cc1ccc([C@H](C(=O)NC2CCCC2)N(C(=O)Cc2cccs2)c2ccc3c(c2)CCC3)o1. The van der Waals surface area contributed by atoms with E-state index in [4.69, 9.17) is 4.42 Å². The highest BCUT2D eigenvalue weighted by Crippen LogP contribution is 2.34. The second-order valence-electron chi connectivity index (χ2n) is 9.17. The number of rotatable bonds is 7. The van der Waals surface area contributed by atoms with Crippen LogP contribution >= 0.6 is 11.3 Å². The Morgan fingerprint density at radius 3 is 2.64 bits per heavy atom. The normalized spacial score (nSPS) is 16.5. The lowest BCUT2D eigenvalue weighted by atomic mass is 10.0. The molecule has 1 atom stereocenters. The van der Waals surface area contributed by atoms with Gasteiger partial charge in [0.1, 0.15) is 11.5 Å². The van der Waals surface area contributed by atoms with Crippen LogP contribution in [-0.2, 0) is 28.9 Å². The molecule has 2 amide bonds. The smallest absolute Gasteiger partial charge is 0.251 e. The summed E-state index contributed by atoms with van der Waals surface area (Å²) in [4.78, 5) is 30.1. The van der Waals surface area contributed by atoms with E-state index < -0.39 is 6.04 Å². The number of anilines is 1. The topological polar surface area (TPSA) is 62.6 Å². The van der Waals surface area contributed by atoms with Crippen LogP contribution in [0.15, 0.2) is 52.3 Å². The molecule has 0 bridgehead atoms. The molecule has 1 aromatic carbocycles. The Kier molecular flexibility index (Phi) is 6.36. The molecular weight excluding hydrogens is 432 g/mol. The molecular formula is C27H30N2O3S. The Labute approximate surface area is 198 Å². The van der Waals surface area contributed by atoms with Gasteiger partial charge in [0, 0.05) is 16.6 Å². The van der Waals surface area contributed by atoms with E-state index in [1.807, 2.05) is 42.6 Å². The van der Waals surface area contributed by atoms with Gasteiger partial charge in [-0.2, -0.15) is 0 Å². The van der Waals surface area contributed by atoms with Gasteiger partial charge in [-0.25, -0.2) is 0 Å². The summed E-state index contributed by atoms with van der Waals surface area (Å²) in [5, 5.41) is 5.19. The molecule has 2 aromatic heterocycles. The van der Waals surface area contributed by atoms with Crippen LogP contribution in [-0.4, -0.2) is 17.9 Å². The molecule has 0 aliphatic heterocycles. The third-order valence-electron chi connectivity index (χ3n) is 6.77. The van der Waals surface area contributed by atoms with Crippen molar-refractivity contribution in [2.45, 2.75) is 70.4 Å².